The lowest BCUT2D eigenvalue weighted by atomic mass is 10.00. The molecule has 0 atom stereocenters. The second-order valence-electron chi connectivity index (χ2n) is 7.32. The molecule has 3 aromatic rings. The number of fused-ring (bicyclic) bond motifs is 1. The highest BCUT2D eigenvalue weighted by molar-refractivity contribution is 5.63. The molecule has 4 rings (SSSR count). The van der Waals surface area contributed by atoms with E-state index in [-0.39, 0.29) is 11.2 Å². The first-order valence-electron chi connectivity index (χ1n) is 8.73. The molecular weight excluding hydrogens is 326 g/mol. The Morgan fingerprint density at radius 1 is 1.15 bits per heavy atom. The molecule has 2 aromatic heterocycles. The minimum Gasteiger partial charge on any atom is -0.471 e. The Balaban J connectivity index is 1.73. The summed E-state index contributed by atoms with van der Waals surface area (Å²) in [5, 5.41) is 4.58. The van der Waals surface area contributed by atoms with E-state index in [2.05, 4.69) is 30.0 Å². The molecule has 0 fully saturated rings. The SMILES string of the molecule is Cc1nc2c(cc1-c1ccc(=O)n(Cc3ccccc3)n1)CC(C)(C)O2. The fourth-order valence-electron chi connectivity index (χ4n) is 3.32. The van der Waals surface area contributed by atoms with Crippen LogP contribution in [0, 0.1) is 6.92 Å². The van der Waals surface area contributed by atoms with E-state index < -0.39 is 0 Å². The number of pyridine rings is 1. The fourth-order valence-corrected chi connectivity index (χ4v) is 3.32. The molecule has 1 aromatic carbocycles. The zero-order chi connectivity index (χ0) is 18.3. The van der Waals surface area contributed by atoms with E-state index in [1.165, 1.54) is 4.68 Å². The maximum Gasteiger partial charge on any atom is 0.267 e. The molecule has 5 heteroatoms. The van der Waals surface area contributed by atoms with E-state index in [0.717, 1.165) is 34.5 Å². The van der Waals surface area contributed by atoms with E-state index in [9.17, 15) is 4.79 Å². The topological polar surface area (TPSA) is 57.0 Å². The number of nitrogens with zero attached hydrogens (tertiary/aromatic N) is 3. The number of aromatic nitrogens is 3. The molecule has 5 nitrogen and oxygen atoms in total. The Kier molecular flexibility index (Phi) is 3.87. The van der Waals surface area contributed by atoms with Gasteiger partial charge in [0, 0.05) is 23.6 Å². The summed E-state index contributed by atoms with van der Waals surface area (Å²) in [6, 6.07) is 15.3. The molecular formula is C21H21N3O2. The van der Waals surface area contributed by atoms with Crippen molar-refractivity contribution >= 4 is 0 Å². The van der Waals surface area contributed by atoms with Crippen LogP contribution in [0.1, 0.15) is 30.7 Å². The lowest BCUT2D eigenvalue weighted by Crippen LogP contribution is -2.24. The van der Waals surface area contributed by atoms with Crippen LogP contribution in [0.25, 0.3) is 11.3 Å². The number of ether oxygens (including phenoxy) is 1. The van der Waals surface area contributed by atoms with Gasteiger partial charge in [-0.1, -0.05) is 30.3 Å². The van der Waals surface area contributed by atoms with Gasteiger partial charge < -0.3 is 4.74 Å². The molecule has 0 unspecified atom stereocenters. The van der Waals surface area contributed by atoms with Crippen LogP contribution in [0.3, 0.4) is 0 Å². The summed E-state index contributed by atoms with van der Waals surface area (Å²) in [4.78, 5) is 16.8. The Bertz CT molecular complexity index is 1020. The van der Waals surface area contributed by atoms with Crippen molar-refractivity contribution in [3.05, 3.63) is 75.7 Å². The third-order valence-corrected chi connectivity index (χ3v) is 4.56. The molecule has 0 aliphatic carbocycles. The quantitative estimate of drug-likeness (QED) is 0.729. The second-order valence-corrected chi connectivity index (χ2v) is 7.32. The van der Waals surface area contributed by atoms with Crippen LogP contribution in [0.15, 0.2) is 53.3 Å². The molecule has 0 saturated heterocycles. The van der Waals surface area contributed by atoms with Gasteiger partial charge >= 0.3 is 0 Å². The van der Waals surface area contributed by atoms with Crippen LogP contribution in [-0.4, -0.2) is 20.4 Å². The number of hydrogen-bond donors (Lipinski definition) is 0. The summed E-state index contributed by atoms with van der Waals surface area (Å²) in [5.74, 6) is 0.703. The molecule has 0 bridgehead atoms. The minimum atomic E-state index is -0.236. The normalized spacial score (nSPS) is 14.7. The smallest absolute Gasteiger partial charge is 0.267 e. The summed E-state index contributed by atoms with van der Waals surface area (Å²) in [6.45, 7) is 6.50. The van der Waals surface area contributed by atoms with Crippen LogP contribution >= 0.6 is 0 Å². The predicted octanol–water partition coefficient (Wildman–Crippen LogP) is 3.38. The van der Waals surface area contributed by atoms with E-state index >= 15 is 0 Å². The van der Waals surface area contributed by atoms with Gasteiger partial charge in [0.2, 0.25) is 5.88 Å². The number of aryl methyl sites for hydroxylation is 1. The van der Waals surface area contributed by atoms with Crippen molar-refractivity contribution in [3.8, 4) is 17.1 Å². The molecule has 0 saturated carbocycles. The molecule has 0 spiro atoms. The second kappa shape index (κ2) is 6.09. The third-order valence-electron chi connectivity index (χ3n) is 4.56. The van der Waals surface area contributed by atoms with Gasteiger partial charge in [0.1, 0.15) is 5.60 Å². The largest absolute Gasteiger partial charge is 0.471 e. The first-order valence-corrected chi connectivity index (χ1v) is 8.73. The zero-order valence-electron chi connectivity index (χ0n) is 15.2. The van der Waals surface area contributed by atoms with Gasteiger partial charge in [-0.05, 0) is 38.5 Å². The molecule has 26 heavy (non-hydrogen) atoms. The van der Waals surface area contributed by atoms with Gasteiger partial charge in [0.05, 0.1) is 17.9 Å². The lowest BCUT2D eigenvalue weighted by Gasteiger charge is -2.16. The highest BCUT2D eigenvalue weighted by Crippen LogP contribution is 2.36. The van der Waals surface area contributed by atoms with Gasteiger partial charge in [-0.2, -0.15) is 5.10 Å². The molecule has 3 heterocycles. The summed E-state index contributed by atoms with van der Waals surface area (Å²) in [7, 11) is 0. The van der Waals surface area contributed by atoms with Crippen LogP contribution in [0.2, 0.25) is 0 Å². The summed E-state index contributed by atoms with van der Waals surface area (Å²) in [5.41, 5.74) is 4.30. The molecule has 0 N–H and O–H groups in total. The maximum atomic E-state index is 12.2. The van der Waals surface area contributed by atoms with Crippen molar-refractivity contribution in [1.29, 1.82) is 0 Å². The monoisotopic (exact) mass is 347 g/mol. The van der Waals surface area contributed by atoms with Gasteiger partial charge in [-0.15, -0.1) is 0 Å². The Morgan fingerprint density at radius 3 is 2.69 bits per heavy atom. The summed E-state index contributed by atoms with van der Waals surface area (Å²) in [6.07, 6.45) is 0.812. The first-order chi connectivity index (χ1) is 12.4. The average Bonchev–Trinajstić information content (AvgIpc) is 2.90. The van der Waals surface area contributed by atoms with Crippen molar-refractivity contribution in [1.82, 2.24) is 14.8 Å². The van der Waals surface area contributed by atoms with Gasteiger partial charge in [0.25, 0.3) is 5.56 Å². The maximum absolute atomic E-state index is 12.2. The Hall–Kier alpha value is -2.95. The van der Waals surface area contributed by atoms with Crippen molar-refractivity contribution in [2.24, 2.45) is 0 Å². The van der Waals surface area contributed by atoms with E-state index in [0.29, 0.717) is 12.4 Å². The fraction of sp³-hybridized carbons (Fsp3) is 0.286. The highest BCUT2D eigenvalue weighted by atomic mass is 16.5. The van der Waals surface area contributed by atoms with Crippen LogP contribution in [0.5, 0.6) is 5.88 Å². The minimum absolute atomic E-state index is 0.117. The summed E-state index contributed by atoms with van der Waals surface area (Å²) < 4.78 is 7.40. The lowest BCUT2D eigenvalue weighted by molar-refractivity contribution is 0.133. The average molecular weight is 347 g/mol. The molecule has 1 aliphatic rings. The zero-order valence-corrected chi connectivity index (χ0v) is 15.2. The van der Waals surface area contributed by atoms with Crippen molar-refractivity contribution in [2.75, 3.05) is 0 Å². The van der Waals surface area contributed by atoms with Gasteiger partial charge in [-0.25, -0.2) is 9.67 Å². The Labute approximate surface area is 152 Å². The highest BCUT2D eigenvalue weighted by Gasteiger charge is 2.32. The molecule has 132 valence electrons. The molecule has 0 amide bonds. The standard InChI is InChI=1S/C21H21N3O2/c1-14-17(11-16-12-21(2,3)26-20(16)22-14)18-9-10-19(25)24(23-18)13-15-7-5-4-6-8-15/h4-11H,12-13H2,1-3H3. The number of rotatable bonds is 3. The van der Waals surface area contributed by atoms with Crippen LogP contribution < -0.4 is 10.3 Å². The van der Waals surface area contributed by atoms with Gasteiger partial charge in [-0.3, -0.25) is 4.79 Å². The third kappa shape index (κ3) is 3.12. The van der Waals surface area contributed by atoms with Gasteiger partial charge in [0.15, 0.2) is 0 Å². The van der Waals surface area contributed by atoms with Crippen molar-refractivity contribution in [2.45, 2.75) is 39.3 Å². The van der Waals surface area contributed by atoms with E-state index in [4.69, 9.17) is 4.74 Å². The Morgan fingerprint density at radius 2 is 1.92 bits per heavy atom. The van der Waals surface area contributed by atoms with Crippen LogP contribution in [0.4, 0.5) is 0 Å². The van der Waals surface area contributed by atoms with E-state index in [1.54, 1.807) is 12.1 Å². The van der Waals surface area contributed by atoms with E-state index in [1.807, 2.05) is 37.3 Å². The van der Waals surface area contributed by atoms with Crippen molar-refractivity contribution in [3.63, 3.8) is 0 Å². The van der Waals surface area contributed by atoms with Crippen molar-refractivity contribution < 1.29 is 4.74 Å². The molecule has 1 aliphatic heterocycles. The number of benzene rings is 1. The molecule has 0 radical (unpaired) electrons. The predicted molar refractivity (Wildman–Crippen MR) is 100 cm³/mol. The first kappa shape index (κ1) is 16.5. The van der Waals surface area contributed by atoms with Crippen LogP contribution in [-0.2, 0) is 13.0 Å². The summed E-state index contributed by atoms with van der Waals surface area (Å²) >= 11 is 0. The number of hydrogen-bond acceptors (Lipinski definition) is 4.